The number of nitrogens with zero attached hydrogens (tertiary/aromatic N) is 1. The molecule has 0 spiro atoms. The summed E-state index contributed by atoms with van der Waals surface area (Å²) in [5.74, 6) is -2.04. The zero-order valence-electron chi connectivity index (χ0n) is 18.6. The molecule has 31 heavy (non-hydrogen) atoms. The van der Waals surface area contributed by atoms with Gasteiger partial charge >= 0.3 is 11.9 Å². The largest absolute Gasteiger partial charge is 0.467 e. The van der Waals surface area contributed by atoms with Gasteiger partial charge in [0.15, 0.2) is 6.04 Å². The SMILES string of the molecule is CCOC(=O)[C@@H](c1ccccc1)N1C(=O)CCC(C(=O)N[C@H](C(=O)OC)C(C)C)=C1C. The highest BCUT2D eigenvalue weighted by molar-refractivity contribution is 6.00. The van der Waals surface area contributed by atoms with Crippen molar-refractivity contribution in [3.63, 3.8) is 0 Å². The fourth-order valence-electron chi connectivity index (χ4n) is 3.58. The predicted molar refractivity (Wildman–Crippen MR) is 113 cm³/mol. The summed E-state index contributed by atoms with van der Waals surface area (Å²) < 4.78 is 10.0. The number of carbonyl (C=O) groups excluding carboxylic acids is 4. The maximum atomic E-state index is 13.0. The maximum absolute atomic E-state index is 13.0. The van der Waals surface area contributed by atoms with E-state index in [4.69, 9.17) is 9.47 Å². The van der Waals surface area contributed by atoms with Gasteiger partial charge < -0.3 is 14.8 Å². The number of hydrogen-bond acceptors (Lipinski definition) is 6. The normalized spacial score (nSPS) is 16.1. The highest BCUT2D eigenvalue weighted by Gasteiger charge is 2.38. The summed E-state index contributed by atoms with van der Waals surface area (Å²) in [6.07, 6.45) is 0.275. The van der Waals surface area contributed by atoms with Gasteiger partial charge in [0.05, 0.1) is 13.7 Å². The molecule has 2 rings (SSSR count). The molecular formula is C23H30N2O6. The lowest BCUT2D eigenvalue weighted by molar-refractivity contribution is -0.154. The van der Waals surface area contributed by atoms with Gasteiger partial charge in [-0.25, -0.2) is 9.59 Å². The first-order chi connectivity index (χ1) is 14.7. The lowest BCUT2D eigenvalue weighted by Gasteiger charge is -2.35. The zero-order valence-corrected chi connectivity index (χ0v) is 18.6. The fourth-order valence-corrected chi connectivity index (χ4v) is 3.58. The summed E-state index contributed by atoms with van der Waals surface area (Å²) in [6, 6.07) is 7.01. The van der Waals surface area contributed by atoms with Crippen LogP contribution >= 0.6 is 0 Å². The molecule has 8 nitrogen and oxygen atoms in total. The summed E-state index contributed by atoms with van der Waals surface area (Å²) >= 11 is 0. The van der Waals surface area contributed by atoms with Crippen LogP contribution < -0.4 is 5.32 Å². The Labute approximate surface area is 182 Å². The molecule has 2 amide bonds. The van der Waals surface area contributed by atoms with Crippen LogP contribution in [-0.2, 0) is 28.7 Å². The van der Waals surface area contributed by atoms with Gasteiger partial charge in [-0.15, -0.1) is 0 Å². The Morgan fingerprint density at radius 2 is 1.74 bits per heavy atom. The molecule has 0 bridgehead atoms. The van der Waals surface area contributed by atoms with Crippen LogP contribution in [0.5, 0.6) is 0 Å². The number of ether oxygens (including phenoxy) is 2. The van der Waals surface area contributed by atoms with Crippen molar-refractivity contribution in [1.29, 1.82) is 0 Å². The summed E-state index contributed by atoms with van der Waals surface area (Å²) in [6.45, 7) is 7.08. The molecule has 0 saturated carbocycles. The number of nitrogens with one attached hydrogen (secondary N) is 1. The Hall–Kier alpha value is -3.16. The summed E-state index contributed by atoms with van der Waals surface area (Å²) in [7, 11) is 1.26. The molecular weight excluding hydrogens is 400 g/mol. The Balaban J connectivity index is 2.45. The van der Waals surface area contributed by atoms with Crippen LogP contribution in [0.3, 0.4) is 0 Å². The maximum Gasteiger partial charge on any atom is 0.333 e. The molecule has 0 aliphatic carbocycles. The number of rotatable bonds is 8. The van der Waals surface area contributed by atoms with Crippen molar-refractivity contribution < 1.29 is 28.7 Å². The van der Waals surface area contributed by atoms with Gasteiger partial charge in [0.25, 0.3) is 0 Å². The van der Waals surface area contributed by atoms with E-state index >= 15 is 0 Å². The van der Waals surface area contributed by atoms with Crippen molar-refractivity contribution >= 4 is 23.8 Å². The Morgan fingerprint density at radius 3 is 2.29 bits per heavy atom. The van der Waals surface area contributed by atoms with E-state index in [1.165, 1.54) is 12.0 Å². The van der Waals surface area contributed by atoms with Gasteiger partial charge in [0.2, 0.25) is 11.8 Å². The molecule has 2 atom stereocenters. The molecule has 0 radical (unpaired) electrons. The zero-order chi connectivity index (χ0) is 23.1. The third-order valence-corrected chi connectivity index (χ3v) is 5.22. The summed E-state index contributed by atoms with van der Waals surface area (Å²) in [4.78, 5) is 52.1. The van der Waals surface area contributed by atoms with E-state index in [0.29, 0.717) is 16.8 Å². The van der Waals surface area contributed by atoms with Gasteiger partial charge in [0.1, 0.15) is 6.04 Å². The van der Waals surface area contributed by atoms with Crippen LogP contribution in [0, 0.1) is 5.92 Å². The highest BCUT2D eigenvalue weighted by Crippen LogP contribution is 2.33. The number of esters is 2. The molecule has 1 aromatic carbocycles. The average molecular weight is 431 g/mol. The summed E-state index contributed by atoms with van der Waals surface area (Å²) in [5.41, 5.74) is 1.30. The standard InChI is InChI=1S/C23H30N2O6/c1-6-31-23(29)20(16-10-8-7-9-11-16)25-15(4)17(12-13-18(25)26)21(27)24-19(14(2)3)22(28)30-5/h7-11,14,19-20H,6,12-13H2,1-5H3,(H,24,27)/t19-,20+/m0/s1. The van der Waals surface area contributed by atoms with E-state index in [1.807, 2.05) is 6.07 Å². The Kier molecular flexibility index (Phi) is 8.36. The van der Waals surface area contributed by atoms with Gasteiger partial charge in [-0.3, -0.25) is 14.5 Å². The van der Waals surface area contributed by atoms with Crippen molar-refractivity contribution in [3.8, 4) is 0 Å². The molecule has 1 aliphatic heterocycles. The van der Waals surface area contributed by atoms with Gasteiger partial charge in [-0.05, 0) is 31.7 Å². The van der Waals surface area contributed by atoms with Crippen LogP contribution in [0.2, 0.25) is 0 Å². The second kappa shape index (κ2) is 10.7. The molecule has 0 saturated heterocycles. The van der Waals surface area contributed by atoms with E-state index in [2.05, 4.69) is 5.32 Å². The monoisotopic (exact) mass is 430 g/mol. The van der Waals surface area contributed by atoms with Crippen LogP contribution in [0.1, 0.15) is 52.1 Å². The second-order valence-corrected chi connectivity index (χ2v) is 7.61. The van der Waals surface area contributed by atoms with E-state index in [9.17, 15) is 19.2 Å². The minimum atomic E-state index is -1.00. The van der Waals surface area contributed by atoms with E-state index in [-0.39, 0.29) is 31.3 Å². The first-order valence-corrected chi connectivity index (χ1v) is 10.3. The average Bonchev–Trinajstić information content (AvgIpc) is 2.74. The lowest BCUT2D eigenvalue weighted by Crippen LogP contribution is -2.48. The van der Waals surface area contributed by atoms with Crippen LogP contribution in [0.25, 0.3) is 0 Å². The third-order valence-electron chi connectivity index (χ3n) is 5.22. The Morgan fingerprint density at radius 1 is 1.10 bits per heavy atom. The number of allylic oxidation sites excluding steroid dienone is 1. The lowest BCUT2D eigenvalue weighted by atomic mass is 9.95. The van der Waals surface area contributed by atoms with Crippen molar-refractivity contribution in [3.05, 3.63) is 47.2 Å². The first kappa shape index (κ1) is 24.1. The molecule has 168 valence electrons. The molecule has 1 aliphatic rings. The van der Waals surface area contributed by atoms with Crippen molar-refractivity contribution in [2.45, 2.75) is 52.6 Å². The summed E-state index contributed by atoms with van der Waals surface area (Å²) in [5, 5.41) is 2.71. The van der Waals surface area contributed by atoms with Crippen molar-refractivity contribution in [2.24, 2.45) is 5.92 Å². The van der Waals surface area contributed by atoms with Gasteiger partial charge in [-0.1, -0.05) is 44.2 Å². The van der Waals surface area contributed by atoms with E-state index < -0.39 is 29.9 Å². The highest BCUT2D eigenvalue weighted by atomic mass is 16.5. The van der Waals surface area contributed by atoms with Gasteiger partial charge in [0, 0.05) is 17.7 Å². The van der Waals surface area contributed by atoms with E-state index in [0.717, 1.165) is 0 Å². The Bertz CT molecular complexity index is 862. The van der Waals surface area contributed by atoms with Gasteiger partial charge in [-0.2, -0.15) is 0 Å². The topological polar surface area (TPSA) is 102 Å². The van der Waals surface area contributed by atoms with Crippen LogP contribution in [-0.4, -0.2) is 48.4 Å². The molecule has 0 aromatic heterocycles. The first-order valence-electron chi connectivity index (χ1n) is 10.3. The number of hydrogen-bond donors (Lipinski definition) is 1. The minimum Gasteiger partial charge on any atom is -0.467 e. The molecule has 8 heteroatoms. The quantitative estimate of drug-likeness (QED) is 0.636. The molecule has 1 heterocycles. The van der Waals surface area contributed by atoms with Crippen LogP contribution in [0.4, 0.5) is 0 Å². The van der Waals surface area contributed by atoms with E-state index in [1.54, 1.807) is 52.0 Å². The number of methoxy groups -OCH3 is 1. The number of carbonyl (C=O) groups is 4. The smallest absolute Gasteiger partial charge is 0.333 e. The van der Waals surface area contributed by atoms with Crippen LogP contribution in [0.15, 0.2) is 41.6 Å². The second-order valence-electron chi connectivity index (χ2n) is 7.61. The molecule has 1 aromatic rings. The third kappa shape index (κ3) is 5.51. The number of benzene rings is 1. The molecule has 0 unspecified atom stereocenters. The number of amides is 2. The molecule has 0 fully saturated rings. The van der Waals surface area contributed by atoms with Crippen molar-refractivity contribution in [2.75, 3.05) is 13.7 Å². The molecule has 1 N–H and O–H groups in total. The van der Waals surface area contributed by atoms with Crippen molar-refractivity contribution in [1.82, 2.24) is 10.2 Å². The fraction of sp³-hybridized carbons (Fsp3) is 0.478. The predicted octanol–water partition coefficient (Wildman–Crippen LogP) is 2.50. The minimum absolute atomic E-state index is 0.0629.